The third-order valence-corrected chi connectivity index (χ3v) is 11.2. The van der Waals surface area contributed by atoms with Crippen LogP contribution in [0.25, 0.3) is 0 Å². The average molecular weight is 711 g/mol. The van der Waals surface area contributed by atoms with Gasteiger partial charge in [0.25, 0.3) is 0 Å². The third kappa shape index (κ3) is 11.1. The number of hydrogen-bond acceptors (Lipinski definition) is 10. The molecule has 48 heavy (non-hydrogen) atoms. The average Bonchev–Trinajstić information content (AvgIpc) is 3.65. The zero-order valence-electron chi connectivity index (χ0n) is 28.1. The molecule has 5 atom stereocenters. The van der Waals surface area contributed by atoms with E-state index in [1.54, 1.807) is 25.2 Å². The van der Waals surface area contributed by atoms with Gasteiger partial charge in [-0.3, -0.25) is 0 Å². The van der Waals surface area contributed by atoms with Crippen LogP contribution in [-0.4, -0.2) is 103 Å². The Morgan fingerprint density at radius 3 is 2.54 bits per heavy atom. The summed E-state index contributed by atoms with van der Waals surface area (Å²) in [5.41, 5.74) is 0.920. The highest BCUT2D eigenvalue weighted by atomic mass is 32.2. The number of benzene rings is 2. The van der Waals surface area contributed by atoms with Gasteiger partial charge in [-0.15, -0.1) is 0 Å². The maximum absolute atomic E-state index is 14.2. The number of nitrogens with zero attached hydrogens (tertiary/aromatic N) is 1. The number of sulfonamides is 2. The molecule has 13 nitrogen and oxygen atoms in total. The van der Waals surface area contributed by atoms with E-state index in [9.17, 15) is 26.7 Å². The summed E-state index contributed by atoms with van der Waals surface area (Å²) >= 11 is 0. The van der Waals surface area contributed by atoms with Crippen molar-refractivity contribution in [1.29, 1.82) is 0 Å². The number of alkyl carbamates (subject to hydrolysis) is 1. The lowest BCUT2D eigenvalue weighted by atomic mass is 9.87. The number of unbranched alkanes of at least 4 members (excludes halogenated alkanes) is 1. The van der Waals surface area contributed by atoms with Gasteiger partial charge in [0.1, 0.15) is 6.10 Å². The number of aliphatic hydroxyl groups excluding tert-OH is 1. The van der Waals surface area contributed by atoms with E-state index in [-0.39, 0.29) is 43.5 Å². The van der Waals surface area contributed by atoms with Crippen molar-refractivity contribution in [3.05, 3.63) is 60.2 Å². The van der Waals surface area contributed by atoms with Gasteiger partial charge < -0.3 is 30.0 Å². The molecule has 0 aliphatic carbocycles. The lowest BCUT2D eigenvalue weighted by Gasteiger charge is -2.35. The fraction of sp³-hybridized carbons (Fsp3) is 0.606. The van der Waals surface area contributed by atoms with Crippen LogP contribution in [0.15, 0.2) is 59.5 Å². The van der Waals surface area contributed by atoms with Crippen LogP contribution >= 0.6 is 0 Å². The third-order valence-electron chi connectivity index (χ3n) is 8.71. The second-order valence-corrected chi connectivity index (χ2v) is 17.1. The van der Waals surface area contributed by atoms with Crippen molar-refractivity contribution in [2.24, 2.45) is 11.3 Å². The molecule has 2 aromatic carbocycles. The summed E-state index contributed by atoms with van der Waals surface area (Å²) in [6.07, 6.45) is 0.972. The fourth-order valence-corrected chi connectivity index (χ4v) is 8.32. The zero-order chi connectivity index (χ0) is 35.0. The van der Waals surface area contributed by atoms with Crippen LogP contribution in [0.3, 0.4) is 0 Å². The molecule has 1 amide bonds. The van der Waals surface area contributed by atoms with Crippen molar-refractivity contribution in [2.75, 3.05) is 51.5 Å². The molecule has 4 rings (SSSR count). The SMILES string of the molecule is CNc1cccc(S(=O)(=O)N(C[C@@H](O)[C@H](Cc2ccccc2)NC(=O)O[C@H]2CO[C@H]3OCC[C@H]32)CC(C)(C)CCCCNS(C)(=O)=O)c1. The van der Waals surface area contributed by atoms with Crippen molar-refractivity contribution in [1.82, 2.24) is 14.3 Å². The molecule has 2 fully saturated rings. The number of amides is 1. The molecule has 15 heteroatoms. The van der Waals surface area contributed by atoms with Crippen molar-refractivity contribution in [3.8, 4) is 0 Å². The molecule has 0 aromatic heterocycles. The maximum atomic E-state index is 14.2. The minimum absolute atomic E-state index is 0.0633. The van der Waals surface area contributed by atoms with Gasteiger partial charge in [-0.25, -0.2) is 26.4 Å². The molecule has 2 heterocycles. The first-order valence-electron chi connectivity index (χ1n) is 16.3. The summed E-state index contributed by atoms with van der Waals surface area (Å²) in [7, 11) is -5.71. The van der Waals surface area contributed by atoms with Gasteiger partial charge in [-0.2, -0.15) is 4.31 Å². The van der Waals surface area contributed by atoms with E-state index in [1.807, 2.05) is 44.2 Å². The van der Waals surface area contributed by atoms with E-state index in [1.165, 1.54) is 10.4 Å². The van der Waals surface area contributed by atoms with Crippen molar-refractivity contribution in [3.63, 3.8) is 0 Å². The summed E-state index contributed by atoms with van der Waals surface area (Å²) in [5.74, 6) is -0.0633. The van der Waals surface area contributed by atoms with Gasteiger partial charge in [-0.1, -0.05) is 56.7 Å². The Balaban J connectivity index is 1.54. The number of aliphatic hydroxyl groups is 1. The number of nitrogens with one attached hydrogen (secondary N) is 3. The number of carbonyl (C=O) groups excluding carboxylic acids is 1. The van der Waals surface area contributed by atoms with Crippen LogP contribution in [0.1, 0.15) is 45.1 Å². The summed E-state index contributed by atoms with van der Waals surface area (Å²) in [6, 6.07) is 14.9. The molecule has 0 bridgehead atoms. The highest BCUT2D eigenvalue weighted by molar-refractivity contribution is 7.89. The second-order valence-electron chi connectivity index (χ2n) is 13.3. The molecule has 2 aromatic rings. The van der Waals surface area contributed by atoms with E-state index in [0.29, 0.717) is 38.0 Å². The summed E-state index contributed by atoms with van der Waals surface area (Å²) < 4.78 is 71.9. The van der Waals surface area contributed by atoms with E-state index >= 15 is 0 Å². The van der Waals surface area contributed by atoms with Gasteiger partial charge in [-0.05, 0) is 54.9 Å². The number of carbonyl (C=O) groups is 1. The number of anilines is 1. The smallest absolute Gasteiger partial charge is 0.407 e. The highest BCUT2D eigenvalue weighted by Gasteiger charge is 2.44. The van der Waals surface area contributed by atoms with Crippen LogP contribution < -0.4 is 15.4 Å². The molecule has 2 aliphatic heterocycles. The van der Waals surface area contributed by atoms with Crippen molar-refractivity contribution in [2.45, 2.75) is 75.4 Å². The van der Waals surface area contributed by atoms with Crippen LogP contribution in [0.5, 0.6) is 0 Å². The standard InChI is InChI=1S/C33H50N4O9S2/c1-33(2,16-8-9-17-35-47(4,40)41)23-37(48(42,43)26-14-10-13-25(20-26)34-3)21-29(38)28(19-24-11-6-5-7-12-24)36-32(39)46-30-22-45-31-27(30)15-18-44-31/h5-7,10-14,20,27-31,34-35,38H,8-9,15-19,21-23H2,1-4H3,(H,36,39)/t27-,28-,29+,30-,31+/m0/s1. The number of hydrogen-bond donors (Lipinski definition) is 4. The summed E-state index contributed by atoms with van der Waals surface area (Å²) in [6.45, 7) is 4.69. The maximum Gasteiger partial charge on any atom is 0.407 e. The Morgan fingerprint density at radius 2 is 1.83 bits per heavy atom. The fourth-order valence-electron chi connectivity index (χ4n) is 6.11. The molecule has 0 unspecified atom stereocenters. The Bertz CT molecular complexity index is 1560. The first-order valence-corrected chi connectivity index (χ1v) is 19.6. The molecular formula is C33H50N4O9S2. The molecule has 4 N–H and O–H groups in total. The van der Waals surface area contributed by atoms with Gasteiger partial charge >= 0.3 is 6.09 Å². The van der Waals surface area contributed by atoms with Gasteiger partial charge in [0.05, 0.1) is 42.4 Å². The van der Waals surface area contributed by atoms with Gasteiger partial charge in [0.2, 0.25) is 20.0 Å². The first kappa shape index (κ1) is 38.0. The summed E-state index contributed by atoms with van der Waals surface area (Å²) in [5, 5.41) is 17.5. The zero-order valence-corrected chi connectivity index (χ0v) is 29.8. The van der Waals surface area contributed by atoms with E-state index in [2.05, 4.69) is 15.4 Å². The van der Waals surface area contributed by atoms with Crippen LogP contribution in [0, 0.1) is 11.3 Å². The predicted octanol–water partition coefficient (Wildman–Crippen LogP) is 2.92. The lowest BCUT2D eigenvalue weighted by Crippen LogP contribution is -2.52. The molecular weight excluding hydrogens is 661 g/mol. The van der Waals surface area contributed by atoms with Gasteiger partial charge in [0, 0.05) is 32.4 Å². The van der Waals surface area contributed by atoms with E-state index in [4.69, 9.17) is 14.2 Å². The number of fused-ring (bicyclic) bond motifs is 1. The Labute approximate surface area is 284 Å². The minimum Gasteiger partial charge on any atom is -0.443 e. The second kappa shape index (κ2) is 16.7. The number of ether oxygens (including phenoxy) is 3. The first-order chi connectivity index (χ1) is 22.7. The van der Waals surface area contributed by atoms with Crippen LogP contribution in [0.2, 0.25) is 0 Å². The predicted molar refractivity (Wildman–Crippen MR) is 182 cm³/mol. The van der Waals surface area contributed by atoms with Crippen molar-refractivity contribution < 1.29 is 40.9 Å². The van der Waals surface area contributed by atoms with Gasteiger partial charge in [0.15, 0.2) is 6.29 Å². The normalized spacial score (nSPS) is 21.1. The Hall–Kier alpha value is -2.79. The topological polar surface area (TPSA) is 173 Å². The molecule has 0 saturated carbocycles. The molecule has 268 valence electrons. The summed E-state index contributed by atoms with van der Waals surface area (Å²) in [4.78, 5) is 13.3. The lowest BCUT2D eigenvalue weighted by molar-refractivity contribution is -0.0907. The Morgan fingerprint density at radius 1 is 1.08 bits per heavy atom. The van der Waals surface area contributed by atoms with Crippen LogP contribution in [-0.2, 0) is 40.7 Å². The largest absolute Gasteiger partial charge is 0.443 e. The monoisotopic (exact) mass is 710 g/mol. The van der Waals surface area contributed by atoms with Crippen LogP contribution in [0.4, 0.5) is 10.5 Å². The Kier molecular flexibility index (Phi) is 13.3. The minimum atomic E-state index is -4.11. The van der Waals surface area contributed by atoms with E-state index in [0.717, 1.165) is 11.8 Å². The molecule has 0 spiro atoms. The number of rotatable bonds is 18. The van der Waals surface area contributed by atoms with Crippen molar-refractivity contribution >= 4 is 31.8 Å². The highest BCUT2D eigenvalue weighted by Crippen LogP contribution is 2.33. The molecule has 0 radical (unpaired) electrons. The molecule has 2 saturated heterocycles. The molecule has 2 aliphatic rings. The quantitative estimate of drug-likeness (QED) is 0.169. The van der Waals surface area contributed by atoms with E-state index < -0.39 is 56.1 Å².